The van der Waals surface area contributed by atoms with Crippen LogP contribution in [0.5, 0.6) is 0 Å². The molecule has 0 saturated heterocycles. The lowest BCUT2D eigenvalue weighted by Gasteiger charge is -2.20. The molecule has 2 heteroatoms. The molecule has 0 radical (unpaired) electrons. The van der Waals surface area contributed by atoms with Gasteiger partial charge in [-0.3, -0.25) is 0 Å². The smallest absolute Gasteiger partial charge is 0.227 e. The van der Waals surface area contributed by atoms with Gasteiger partial charge in [0.25, 0.3) is 0 Å². The highest BCUT2D eigenvalue weighted by Gasteiger charge is 2.17. The predicted molar refractivity (Wildman–Crippen MR) is 113 cm³/mol. The van der Waals surface area contributed by atoms with E-state index >= 15 is 0 Å². The first kappa shape index (κ1) is 17.5. The number of nitrogens with zero attached hydrogens (tertiary/aromatic N) is 1. The van der Waals surface area contributed by atoms with Gasteiger partial charge in [0.1, 0.15) is 5.76 Å². The highest BCUT2D eigenvalue weighted by Crippen LogP contribution is 2.34. The summed E-state index contributed by atoms with van der Waals surface area (Å²) in [4.78, 5) is 4.85. The van der Waals surface area contributed by atoms with Crippen molar-refractivity contribution in [2.45, 2.75) is 40.0 Å². The van der Waals surface area contributed by atoms with Crippen LogP contribution in [0, 0.1) is 13.8 Å². The van der Waals surface area contributed by atoms with Gasteiger partial charge < -0.3 is 4.42 Å². The lowest BCUT2D eigenvalue weighted by atomic mass is 9.85. The fraction of sp³-hybridized carbons (Fsp3) is 0.240. The van der Waals surface area contributed by atoms with Gasteiger partial charge in [0.2, 0.25) is 5.71 Å². The summed E-state index contributed by atoms with van der Waals surface area (Å²) in [6.45, 7) is 11.0. The normalized spacial score (nSPS) is 11.9. The molecule has 0 aliphatic carbocycles. The van der Waals surface area contributed by atoms with Crippen LogP contribution in [-0.4, -0.2) is 4.98 Å². The van der Waals surface area contributed by atoms with E-state index in [0.29, 0.717) is 5.71 Å². The van der Waals surface area contributed by atoms with Crippen molar-refractivity contribution >= 4 is 11.1 Å². The summed E-state index contributed by atoms with van der Waals surface area (Å²) in [5.41, 5.74) is 7.67. The van der Waals surface area contributed by atoms with E-state index in [0.717, 1.165) is 33.5 Å². The molecule has 0 bridgehead atoms. The van der Waals surface area contributed by atoms with Crippen LogP contribution in [0.1, 0.15) is 37.5 Å². The van der Waals surface area contributed by atoms with E-state index in [2.05, 4.69) is 77.1 Å². The Morgan fingerprint density at radius 2 is 1.56 bits per heavy atom. The number of hydrogen-bond donors (Lipinski definition) is 0. The van der Waals surface area contributed by atoms with Gasteiger partial charge in [-0.2, -0.15) is 0 Å². The number of rotatable bonds is 2. The van der Waals surface area contributed by atoms with Crippen molar-refractivity contribution in [2.24, 2.45) is 0 Å². The Bertz CT molecular complexity index is 1110. The number of benzene rings is 2. The standard InChI is InChI=1S/C25H25NO/c1-16-13-19(15-20(14-16)25(3,4)5)22-12-11-21-17(2)23(27-24(21)26-22)18-9-7-6-8-10-18/h6-15H,1-5H3. The number of fused-ring (bicyclic) bond motifs is 1. The molecule has 136 valence electrons. The first-order chi connectivity index (χ1) is 12.8. The summed E-state index contributed by atoms with van der Waals surface area (Å²) >= 11 is 0. The van der Waals surface area contributed by atoms with Gasteiger partial charge in [0.05, 0.1) is 5.69 Å². The van der Waals surface area contributed by atoms with E-state index in [1.54, 1.807) is 0 Å². The minimum Gasteiger partial charge on any atom is -0.437 e. The summed E-state index contributed by atoms with van der Waals surface area (Å²) in [6.07, 6.45) is 0. The minimum atomic E-state index is 0.104. The molecule has 0 aliphatic rings. The third kappa shape index (κ3) is 3.28. The molecule has 0 amide bonds. The van der Waals surface area contributed by atoms with Gasteiger partial charge in [0.15, 0.2) is 0 Å². The van der Waals surface area contributed by atoms with Crippen LogP contribution in [0.3, 0.4) is 0 Å². The fourth-order valence-electron chi connectivity index (χ4n) is 3.49. The molecule has 2 aromatic carbocycles. The van der Waals surface area contributed by atoms with Gasteiger partial charge in [-0.15, -0.1) is 0 Å². The minimum absolute atomic E-state index is 0.104. The molecule has 4 aromatic rings. The summed E-state index contributed by atoms with van der Waals surface area (Å²) in [6, 6.07) is 21.1. The molecule has 0 atom stereocenters. The van der Waals surface area contributed by atoms with Crippen LogP contribution in [-0.2, 0) is 5.41 Å². The summed E-state index contributed by atoms with van der Waals surface area (Å²) in [5.74, 6) is 0.898. The molecule has 0 unspecified atom stereocenters. The van der Waals surface area contributed by atoms with E-state index in [-0.39, 0.29) is 5.41 Å². The van der Waals surface area contributed by atoms with E-state index in [1.807, 2.05) is 18.2 Å². The molecule has 2 heterocycles. The maximum atomic E-state index is 6.16. The van der Waals surface area contributed by atoms with Gasteiger partial charge in [0, 0.05) is 22.1 Å². The number of pyridine rings is 1. The molecular weight excluding hydrogens is 330 g/mol. The zero-order valence-corrected chi connectivity index (χ0v) is 16.6. The number of furan rings is 1. The summed E-state index contributed by atoms with van der Waals surface area (Å²) in [7, 11) is 0. The Morgan fingerprint density at radius 1 is 0.815 bits per heavy atom. The van der Waals surface area contributed by atoms with Crippen LogP contribution in [0.15, 0.2) is 65.1 Å². The molecular formula is C25H25NO. The Hall–Kier alpha value is -2.87. The third-order valence-electron chi connectivity index (χ3n) is 5.08. The van der Waals surface area contributed by atoms with Crippen molar-refractivity contribution in [3.63, 3.8) is 0 Å². The highest BCUT2D eigenvalue weighted by molar-refractivity contribution is 5.87. The van der Waals surface area contributed by atoms with Crippen molar-refractivity contribution in [3.8, 4) is 22.6 Å². The second-order valence-electron chi connectivity index (χ2n) is 8.31. The van der Waals surface area contributed by atoms with Crippen LogP contribution < -0.4 is 0 Å². The van der Waals surface area contributed by atoms with E-state index in [9.17, 15) is 0 Å². The topological polar surface area (TPSA) is 26.0 Å². The number of aryl methyl sites for hydroxylation is 2. The quantitative estimate of drug-likeness (QED) is 0.384. The van der Waals surface area contributed by atoms with Crippen molar-refractivity contribution < 1.29 is 4.42 Å². The molecule has 27 heavy (non-hydrogen) atoms. The molecule has 0 saturated carbocycles. The number of hydrogen-bond acceptors (Lipinski definition) is 2. The lowest BCUT2D eigenvalue weighted by molar-refractivity contribution is 0.590. The van der Waals surface area contributed by atoms with E-state index < -0.39 is 0 Å². The highest BCUT2D eigenvalue weighted by atomic mass is 16.3. The zero-order valence-electron chi connectivity index (χ0n) is 16.6. The van der Waals surface area contributed by atoms with Crippen LogP contribution >= 0.6 is 0 Å². The average molecular weight is 355 g/mol. The largest absolute Gasteiger partial charge is 0.437 e. The maximum absolute atomic E-state index is 6.16. The van der Waals surface area contributed by atoms with E-state index in [4.69, 9.17) is 9.40 Å². The van der Waals surface area contributed by atoms with Crippen LogP contribution in [0.4, 0.5) is 0 Å². The lowest BCUT2D eigenvalue weighted by Crippen LogP contribution is -2.11. The molecule has 0 fully saturated rings. The maximum Gasteiger partial charge on any atom is 0.227 e. The molecule has 0 spiro atoms. The first-order valence-corrected chi connectivity index (χ1v) is 9.41. The predicted octanol–water partition coefficient (Wildman–Crippen LogP) is 7.08. The fourth-order valence-corrected chi connectivity index (χ4v) is 3.49. The van der Waals surface area contributed by atoms with Crippen LogP contribution in [0.2, 0.25) is 0 Å². The second kappa shape index (κ2) is 6.38. The Morgan fingerprint density at radius 3 is 2.26 bits per heavy atom. The Balaban J connectivity index is 1.85. The third-order valence-corrected chi connectivity index (χ3v) is 5.08. The van der Waals surface area contributed by atoms with Gasteiger partial charge >= 0.3 is 0 Å². The SMILES string of the molecule is Cc1cc(-c2ccc3c(C)c(-c4ccccc4)oc3n2)cc(C(C)(C)C)c1. The monoisotopic (exact) mass is 355 g/mol. The molecule has 4 rings (SSSR count). The number of aromatic nitrogens is 1. The summed E-state index contributed by atoms with van der Waals surface area (Å²) < 4.78 is 6.16. The molecule has 2 nitrogen and oxygen atoms in total. The average Bonchev–Trinajstić information content (AvgIpc) is 2.97. The van der Waals surface area contributed by atoms with Crippen molar-refractivity contribution in [2.75, 3.05) is 0 Å². The Kier molecular flexibility index (Phi) is 4.15. The molecule has 0 N–H and O–H groups in total. The van der Waals surface area contributed by atoms with Gasteiger partial charge in [-0.1, -0.05) is 62.7 Å². The van der Waals surface area contributed by atoms with Gasteiger partial charge in [-0.25, -0.2) is 4.98 Å². The first-order valence-electron chi connectivity index (χ1n) is 9.41. The van der Waals surface area contributed by atoms with Crippen molar-refractivity contribution in [3.05, 3.63) is 77.4 Å². The van der Waals surface area contributed by atoms with Crippen molar-refractivity contribution in [1.29, 1.82) is 0 Å². The summed E-state index contributed by atoms with van der Waals surface area (Å²) in [5, 5.41) is 1.07. The molecule has 0 aliphatic heterocycles. The van der Waals surface area contributed by atoms with Crippen LogP contribution in [0.25, 0.3) is 33.7 Å². The van der Waals surface area contributed by atoms with Crippen molar-refractivity contribution in [1.82, 2.24) is 4.98 Å². The van der Waals surface area contributed by atoms with E-state index in [1.165, 1.54) is 11.1 Å². The zero-order chi connectivity index (χ0) is 19.2. The van der Waals surface area contributed by atoms with Gasteiger partial charge in [-0.05, 0) is 49.1 Å². The Labute approximate surface area is 160 Å². The molecule has 2 aromatic heterocycles. The second-order valence-corrected chi connectivity index (χ2v) is 8.31.